The molecule has 126 valence electrons. The highest BCUT2D eigenvalue weighted by molar-refractivity contribution is 5.95. The van der Waals surface area contributed by atoms with Crippen molar-refractivity contribution < 1.29 is 14.5 Å². The van der Waals surface area contributed by atoms with Crippen LogP contribution in [0.3, 0.4) is 0 Å². The van der Waals surface area contributed by atoms with Gasteiger partial charge in [0.2, 0.25) is 0 Å². The van der Waals surface area contributed by atoms with Crippen LogP contribution in [0.4, 0.5) is 11.4 Å². The minimum absolute atomic E-state index is 0.0785. The van der Waals surface area contributed by atoms with Gasteiger partial charge in [-0.1, -0.05) is 24.3 Å². The first-order chi connectivity index (χ1) is 11.3. The van der Waals surface area contributed by atoms with Crippen molar-refractivity contribution in [2.75, 3.05) is 5.32 Å². The zero-order valence-corrected chi connectivity index (χ0v) is 14.1. The number of nitro groups is 1. The summed E-state index contributed by atoms with van der Waals surface area (Å²) in [6.45, 7) is 7.12. The molecule has 0 saturated heterocycles. The second kappa shape index (κ2) is 7.12. The van der Waals surface area contributed by atoms with Crippen molar-refractivity contribution in [3.8, 4) is 5.75 Å². The van der Waals surface area contributed by atoms with Crippen molar-refractivity contribution in [1.82, 2.24) is 0 Å². The minimum Gasteiger partial charge on any atom is -0.474 e. The fourth-order valence-corrected chi connectivity index (χ4v) is 2.35. The summed E-state index contributed by atoms with van der Waals surface area (Å²) >= 11 is 0. The van der Waals surface area contributed by atoms with Gasteiger partial charge in [0, 0.05) is 11.8 Å². The summed E-state index contributed by atoms with van der Waals surface area (Å²) in [5.41, 5.74) is 3.22. The second-order valence-corrected chi connectivity index (χ2v) is 5.74. The molecule has 1 N–H and O–H groups in total. The molecule has 24 heavy (non-hydrogen) atoms. The molecule has 2 rings (SSSR count). The molecule has 0 bridgehead atoms. The second-order valence-electron chi connectivity index (χ2n) is 5.74. The van der Waals surface area contributed by atoms with Gasteiger partial charge in [-0.25, -0.2) is 0 Å². The monoisotopic (exact) mass is 328 g/mol. The molecule has 0 aromatic heterocycles. The average Bonchev–Trinajstić information content (AvgIpc) is 2.52. The summed E-state index contributed by atoms with van der Waals surface area (Å²) in [6.07, 6.45) is -0.870. The Hall–Kier alpha value is -2.89. The quantitative estimate of drug-likeness (QED) is 0.666. The van der Waals surface area contributed by atoms with Crippen LogP contribution in [0.2, 0.25) is 0 Å². The molecule has 0 aliphatic heterocycles. The molecule has 0 fully saturated rings. The molecule has 0 radical (unpaired) electrons. The average molecular weight is 328 g/mol. The number of rotatable bonds is 5. The predicted molar refractivity (Wildman–Crippen MR) is 92.5 cm³/mol. The minimum atomic E-state index is -0.870. The van der Waals surface area contributed by atoms with E-state index >= 15 is 0 Å². The number of hydrogen-bond donors (Lipinski definition) is 1. The Balaban J connectivity index is 2.17. The van der Waals surface area contributed by atoms with E-state index in [2.05, 4.69) is 5.32 Å². The van der Waals surface area contributed by atoms with Crippen molar-refractivity contribution in [3.63, 3.8) is 0 Å². The van der Waals surface area contributed by atoms with E-state index in [1.165, 1.54) is 12.1 Å². The van der Waals surface area contributed by atoms with Crippen LogP contribution in [-0.2, 0) is 4.79 Å². The summed E-state index contributed by atoms with van der Waals surface area (Å²) in [4.78, 5) is 23.0. The largest absolute Gasteiger partial charge is 0.474 e. The van der Waals surface area contributed by atoms with Crippen molar-refractivity contribution in [1.29, 1.82) is 0 Å². The zero-order valence-electron chi connectivity index (χ0n) is 14.1. The van der Waals surface area contributed by atoms with E-state index in [-0.39, 0.29) is 17.3 Å². The van der Waals surface area contributed by atoms with Crippen LogP contribution in [0.1, 0.15) is 23.6 Å². The molecule has 0 aliphatic rings. The zero-order chi connectivity index (χ0) is 17.9. The third-order valence-electron chi connectivity index (χ3n) is 3.71. The van der Waals surface area contributed by atoms with Crippen LogP contribution in [0.25, 0.3) is 0 Å². The van der Waals surface area contributed by atoms with Crippen molar-refractivity contribution in [2.45, 2.75) is 33.8 Å². The highest BCUT2D eigenvalue weighted by Crippen LogP contribution is 2.29. The van der Waals surface area contributed by atoms with Crippen molar-refractivity contribution in [3.05, 3.63) is 63.2 Å². The van der Waals surface area contributed by atoms with Gasteiger partial charge in [-0.3, -0.25) is 14.9 Å². The molecule has 2 aromatic rings. The number of ether oxygens (including phenoxy) is 1. The third-order valence-corrected chi connectivity index (χ3v) is 3.71. The van der Waals surface area contributed by atoms with Gasteiger partial charge >= 0.3 is 5.69 Å². The molecule has 0 spiro atoms. The van der Waals surface area contributed by atoms with Crippen LogP contribution in [0.15, 0.2) is 36.4 Å². The topological polar surface area (TPSA) is 81.5 Å². The number of carbonyl (C=O) groups is 1. The van der Waals surface area contributed by atoms with Crippen LogP contribution in [0.5, 0.6) is 5.75 Å². The van der Waals surface area contributed by atoms with Gasteiger partial charge in [-0.15, -0.1) is 0 Å². The number of para-hydroxylation sites is 1. The number of amides is 1. The fraction of sp³-hybridized carbons (Fsp3) is 0.278. The normalized spacial score (nSPS) is 11.7. The maximum absolute atomic E-state index is 12.4. The summed E-state index contributed by atoms with van der Waals surface area (Å²) in [6, 6.07) is 10.4. The predicted octanol–water partition coefficient (Wildman–Crippen LogP) is 3.93. The lowest BCUT2D eigenvalue weighted by atomic mass is 10.1. The third kappa shape index (κ3) is 3.90. The standard InChI is InChI=1S/C18H20N2O4/c1-11-8-9-16(15(10-11)20(22)23)24-14(4)18(21)19-17-12(2)6-5-7-13(17)3/h5-10,14H,1-4H3,(H,19,21)/t14-/m0/s1. The van der Waals surface area contributed by atoms with E-state index in [1.807, 2.05) is 32.0 Å². The van der Waals surface area contributed by atoms with Gasteiger partial charge in [-0.05, 0) is 50.5 Å². The summed E-state index contributed by atoms with van der Waals surface area (Å²) < 4.78 is 5.52. The number of benzene rings is 2. The molecule has 0 aliphatic carbocycles. The van der Waals surface area contributed by atoms with Crippen LogP contribution in [-0.4, -0.2) is 16.9 Å². The number of anilines is 1. The van der Waals surface area contributed by atoms with E-state index in [0.717, 1.165) is 22.4 Å². The van der Waals surface area contributed by atoms with Crippen LogP contribution in [0, 0.1) is 30.9 Å². The lowest BCUT2D eigenvalue weighted by Crippen LogP contribution is -2.30. The highest BCUT2D eigenvalue weighted by Gasteiger charge is 2.22. The van der Waals surface area contributed by atoms with Crippen LogP contribution < -0.4 is 10.1 Å². The Kier molecular flexibility index (Phi) is 5.18. The molecular formula is C18H20N2O4. The molecule has 2 aromatic carbocycles. The van der Waals surface area contributed by atoms with Crippen LogP contribution >= 0.6 is 0 Å². The Morgan fingerprint density at radius 3 is 2.38 bits per heavy atom. The maximum atomic E-state index is 12.4. The molecule has 1 amide bonds. The first-order valence-corrected chi connectivity index (χ1v) is 7.58. The number of hydrogen-bond acceptors (Lipinski definition) is 4. The Labute approximate surface area is 140 Å². The van der Waals surface area contributed by atoms with Gasteiger partial charge < -0.3 is 10.1 Å². The lowest BCUT2D eigenvalue weighted by Gasteiger charge is -2.17. The molecule has 1 atom stereocenters. The van der Waals surface area contributed by atoms with E-state index in [1.54, 1.807) is 19.9 Å². The van der Waals surface area contributed by atoms with Gasteiger partial charge in [0.15, 0.2) is 11.9 Å². The summed E-state index contributed by atoms with van der Waals surface area (Å²) in [7, 11) is 0. The number of carbonyl (C=O) groups excluding carboxylic acids is 1. The van der Waals surface area contributed by atoms with E-state index in [4.69, 9.17) is 4.74 Å². The van der Waals surface area contributed by atoms with Gasteiger partial charge in [0.25, 0.3) is 5.91 Å². The molecule has 0 saturated carbocycles. The van der Waals surface area contributed by atoms with E-state index in [0.29, 0.717) is 0 Å². The van der Waals surface area contributed by atoms with E-state index < -0.39 is 11.0 Å². The van der Waals surface area contributed by atoms with Gasteiger partial charge in [-0.2, -0.15) is 0 Å². The van der Waals surface area contributed by atoms with E-state index in [9.17, 15) is 14.9 Å². The van der Waals surface area contributed by atoms with Gasteiger partial charge in [0.05, 0.1) is 4.92 Å². The van der Waals surface area contributed by atoms with Crippen molar-refractivity contribution >= 4 is 17.3 Å². The molecule has 6 heteroatoms. The number of nitro benzene ring substituents is 1. The van der Waals surface area contributed by atoms with Gasteiger partial charge in [0.1, 0.15) is 0 Å². The maximum Gasteiger partial charge on any atom is 0.311 e. The number of nitrogens with zero attached hydrogens (tertiary/aromatic N) is 1. The lowest BCUT2D eigenvalue weighted by molar-refractivity contribution is -0.386. The Morgan fingerprint density at radius 1 is 1.17 bits per heavy atom. The first kappa shape index (κ1) is 17.5. The molecule has 6 nitrogen and oxygen atoms in total. The molecular weight excluding hydrogens is 308 g/mol. The Bertz CT molecular complexity index is 766. The highest BCUT2D eigenvalue weighted by atomic mass is 16.6. The summed E-state index contributed by atoms with van der Waals surface area (Å²) in [5.74, 6) is -0.281. The fourth-order valence-electron chi connectivity index (χ4n) is 2.35. The first-order valence-electron chi connectivity index (χ1n) is 7.58. The van der Waals surface area contributed by atoms with Crippen molar-refractivity contribution in [2.24, 2.45) is 0 Å². The summed E-state index contributed by atoms with van der Waals surface area (Å²) in [5, 5.41) is 14.0. The number of aryl methyl sites for hydroxylation is 3. The Morgan fingerprint density at radius 2 is 1.79 bits per heavy atom. The number of nitrogens with one attached hydrogen (secondary N) is 1. The smallest absolute Gasteiger partial charge is 0.311 e. The molecule has 0 heterocycles. The SMILES string of the molecule is Cc1ccc(O[C@@H](C)C(=O)Nc2c(C)cccc2C)c([N+](=O)[O-])c1. The molecule has 0 unspecified atom stereocenters.